The summed E-state index contributed by atoms with van der Waals surface area (Å²) in [5.74, 6) is -0.926. The van der Waals surface area contributed by atoms with Gasteiger partial charge >= 0.3 is 6.18 Å². The predicted octanol–water partition coefficient (Wildman–Crippen LogP) is 3.95. The third-order valence-corrected chi connectivity index (χ3v) is 3.95. The molecule has 2 rings (SSSR count). The minimum absolute atomic E-state index is 0.0189. The summed E-state index contributed by atoms with van der Waals surface area (Å²) in [7, 11) is 0. The first-order valence-electron chi connectivity index (χ1n) is 7.00. The number of rotatable bonds is 3. The number of hydrogen-bond donors (Lipinski definition) is 1. The lowest BCUT2D eigenvalue weighted by molar-refractivity contribution is -0.297. The molecule has 0 saturated carbocycles. The van der Waals surface area contributed by atoms with Crippen molar-refractivity contribution in [1.82, 2.24) is 5.01 Å². The minimum atomic E-state index is -5.00. The SMILES string of the molecule is CC(C)CC1=NN(C(=O)c2ccc(Br)cc2)[C@@](O)(C(F)(F)F)C1. The Morgan fingerprint density at radius 3 is 2.43 bits per heavy atom. The number of hydrogen-bond acceptors (Lipinski definition) is 3. The van der Waals surface area contributed by atoms with E-state index in [0.29, 0.717) is 4.47 Å². The van der Waals surface area contributed by atoms with Gasteiger partial charge in [0.05, 0.1) is 0 Å². The second kappa shape index (κ2) is 6.24. The third-order valence-electron chi connectivity index (χ3n) is 3.42. The molecule has 1 amide bonds. The molecule has 0 saturated heterocycles. The molecule has 1 N–H and O–H groups in total. The lowest BCUT2D eigenvalue weighted by Crippen LogP contribution is -2.56. The smallest absolute Gasteiger partial charge is 0.362 e. The maximum Gasteiger partial charge on any atom is 0.438 e. The van der Waals surface area contributed by atoms with E-state index < -0.39 is 24.2 Å². The summed E-state index contributed by atoms with van der Waals surface area (Å²) in [5.41, 5.74) is -3.13. The number of nitrogens with zero attached hydrogens (tertiary/aromatic N) is 2. The van der Waals surface area contributed by atoms with E-state index >= 15 is 0 Å². The monoisotopic (exact) mass is 392 g/mol. The number of alkyl halides is 3. The molecule has 0 radical (unpaired) electrons. The van der Waals surface area contributed by atoms with Crippen molar-refractivity contribution in [2.75, 3.05) is 0 Å². The number of halogens is 4. The molecule has 1 heterocycles. The second-order valence-electron chi connectivity index (χ2n) is 5.88. The summed E-state index contributed by atoms with van der Waals surface area (Å²) in [5, 5.41) is 14.0. The number of benzene rings is 1. The molecule has 126 valence electrons. The van der Waals surface area contributed by atoms with Crippen LogP contribution in [0.5, 0.6) is 0 Å². The number of amides is 1. The molecular formula is C15H16BrF3N2O2. The van der Waals surface area contributed by atoms with Crippen LogP contribution in [0.4, 0.5) is 13.2 Å². The fraction of sp³-hybridized carbons (Fsp3) is 0.467. The molecule has 0 aliphatic carbocycles. The molecule has 1 aliphatic heterocycles. The minimum Gasteiger partial charge on any atom is -0.362 e. The highest BCUT2D eigenvalue weighted by Crippen LogP contribution is 2.41. The van der Waals surface area contributed by atoms with Crippen molar-refractivity contribution in [1.29, 1.82) is 0 Å². The van der Waals surface area contributed by atoms with Crippen molar-refractivity contribution in [3.63, 3.8) is 0 Å². The summed E-state index contributed by atoms with van der Waals surface area (Å²) in [6.07, 6.45) is -5.44. The largest absolute Gasteiger partial charge is 0.438 e. The average Bonchev–Trinajstić information content (AvgIpc) is 2.75. The Morgan fingerprint density at radius 1 is 1.39 bits per heavy atom. The van der Waals surface area contributed by atoms with Gasteiger partial charge in [-0.05, 0) is 36.6 Å². The quantitative estimate of drug-likeness (QED) is 0.846. The molecule has 1 aromatic carbocycles. The maximum atomic E-state index is 13.3. The Morgan fingerprint density at radius 2 is 1.96 bits per heavy atom. The molecule has 0 unspecified atom stereocenters. The van der Waals surface area contributed by atoms with Gasteiger partial charge in [-0.1, -0.05) is 29.8 Å². The zero-order valence-corrected chi connectivity index (χ0v) is 14.1. The van der Waals surface area contributed by atoms with Crippen LogP contribution in [-0.4, -0.2) is 33.6 Å². The molecule has 23 heavy (non-hydrogen) atoms. The lowest BCUT2D eigenvalue weighted by Gasteiger charge is -2.32. The van der Waals surface area contributed by atoms with Crippen LogP contribution < -0.4 is 0 Å². The summed E-state index contributed by atoms with van der Waals surface area (Å²) < 4.78 is 40.6. The van der Waals surface area contributed by atoms with E-state index in [0.717, 1.165) is 0 Å². The van der Waals surface area contributed by atoms with E-state index in [9.17, 15) is 23.1 Å². The average molecular weight is 393 g/mol. The van der Waals surface area contributed by atoms with Crippen LogP contribution >= 0.6 is 15.9 Å². The van der Waals surface area contributed by atoms with Crippen LogP contribution in [0.1, 0.15) is 37.0 Å². The Balaban J connectivity index is 2.39. The van der Waals surface area contributed by atoms with Gasteiger partial charge in [-0.25, -0.2) is 0 Å². The fourth-order valence-corrected chi connectivity index (χ4v) is 2.62. The summed E-state index contributed by atoms with van der Waals surface area (Å²) in [4.78, 5) is 12.4. The van der Waals surface area contributed by atoms with Crippen LogP contribution in [0, 0.1) is 5.92 Å². The highest BCUT2D eigenvalue weighted by molar-refractivity contribution is 9.10. The van der Waals surface area contributed by atoms with Gasteiger partial charge in [-0.2, -0.15) is 23.3 Å². The summed E-state index contributed by atoms with van der Waals surface area (Å²) in [6.45, 7) is 3.66. The van der Waals surface area contributed by atoms with E-state index in [2.05, 4.69) is 21.0 Å². The number of carbonyl (C=O) groups excluding carboxylic acids is 1. The Bertz CT molecular complexity index is 629. The van der Waals surface area contributed by atoms with Crippen molar-refractivity contribution >= 4 is 27.5 Å². The van der Waals surface area contributed by atoms with Gasteiger partial charge in [-0.15, -0.1) is 0 Å². The molecule has 0 aromatic heterocycles. The van der Waals surface area contributed by atoms with E-state index in [-0.39, 0.29) is 28.6 Å². The number of carbonyl (C=O) groups is 1. The molecule has 1 aromatic rings. The van der Waals surface area contributed by atoms with Gasteiger partial charge in [0, 0.05) is 22.2 Å². The van der Waals surface area contributed by atoms with Crippen LogP contribution in [0.15, 0.2) is 33.8 Å². The third kappa shape index (κ3) is 3.58. The highest BCUT2D eigenvalue weighted by atomic mass is 79.9. The van der Waals surface area contributed by atoms with E-state index in [1.807, 2.05) is 13.8 Å². The van der Waals surface area contributed by atoms with Gasteiger partial charge in [0.15, 0.2) is 0 Å². The predicted molar refractivity (Wildman–Crippen MR) is 82.8 cm³/mol. The Hall–Kier alpha value is -1.41. The van der Waals surface area contributed by atoms with Crippen LogP contribution in [0.2, 0.25) is 0 Å². The Kier molecular flexibility index (Phi) is 4.86. The first kappa shape index (κ1) is 17.9. The van der Waals surface area contributed by atoms with Gasteiger partial charge in [0.25, 0.3) is 11.6 Å². The van der Waals surface area contributed by atoms with Crippen LogP contribution in [0.25, 0.3) is 0 Å². The Labute approximate surface area is 140 Å². The van der Waals surface area contributed by atoms with E-state index in [1.165, 1.54) is 24.3 Å². The van der Waals surface area contributed by atoms with Gasteiger partial charge < -0.3 is 5.11 Å². The van der Waals surface area contributed by atoms with Crippen molar-refractivity contribution in [2.45, 2.75) is 38.6 Å². The second-order valence-corrected chi connectivity index (χ2v) is 6.79. The summed E-state index contributed by atoms with van der Waals surface area (Å²) >= 11 is 3.19. The zero-order chi connectivity index (χ0) is 17.4. The van der Waals surface area contributed by atoms with Crippen molar-refractivity contribution in [2.24, 2.45) is 11.0 Å². The molecule has 0 spiro atoms. The van der Waals surface area contributed by atoms with Gasteiger partial charge in [-0.3, -0.25) is 4.79 Å². The topological polar surface area (TPSA) is 52.9 Å². The maximum absolute atomic E-state index is 13.3. The highest BCUT2D eigenvalue weighted by Gasteiger charge is 2.63. The molecule has 1 atom stereocenters. The van der Waals surface area contributed by atoms with Crippen molar-refractivity contribution < 1.29 is 23.1 Å². The molecular weight excluding hydrogens is 377 g/mol. The zero-order valence-electron chi connectivity index (χ0n) is 12.6. The number of aliphatic hydroxyl groups is 1. The first-order chi connectivity index (χ1) is 10.5. The van der Waals surface area contributed by atoms with E-state index in [1.54, 1.807) is 0 Å². The molecule has 0 fully saturated rings. The summed E-state index contributed by atoms with van der Waals surface area (Å²) in [6, 6.07) is 5.82. The lowest BCUT2D eigenvalue weighted by atomic mass is 9.99. The van der Waals surface area contributed by atoms with E-state index in [4.69, 9.17) is 0 Å². The molecule has 4 nitrogen and oxygen atoms in total. The molecule has 8 heteroatoms. The van der Waals surface area contributed by atoms with Gasteiger partial charge in [0.1, 0.15) is 0 Å². The normalized spacial score (nSPS) is 21.7. The van der Waals surface area contributed by atoms with Crippen LogP contribution in [-0.2, 0) is 0 Å². The number of hydrazone groups is 1. The van der Waals surface area contributed by atoms with Crippen molar-refractivity contribution in [3.8, 4) is 0 Å². The molecule has 0 bridgehead atoms. The molecule has 1 aliphatic rings. The fourth-order valence-electron chi connectivity index (χ4n) is 2.35. The van der Waals surface area contributed by atoms with Gasteiger partial charge in [0.2, 0.25) is 0 Å². The standard InChI is InChI=1S/C15H16BrF3N2O2/c1-9(2)7-12-8-14(23,15(17,18)19)21(20-12)13(22)10-3-5-11(16)6-4-10/h3-6,9,23H,7-8H2,1-2H3/t14-/m0/s1. The van der Waals surface area contributed by atoms with Crippen LogP contribution in [0.3, 0.4) is 0 Å². The van der Waals surface area contributed by atoms with Crippen molar-refractivity contribution in [3.05, 3.63) is 34.3 Å². The first-order valence-corrected chi connectivity index (χ1v) is 7.79.